The van der Waals surface area contributed by atoms with Gasteiger partial charge in [-0.3, -0.25) is 9.89 Å². The first-order chi connectivity index (χ1) is 10.3. The third kappa shape index (κ3) is 3.82. The molecule has 3 N–H and O–H groups in total. The lowest BCUT2D eigenvalue weighted by molar-refractivity contribution is 0.0935. The fourth-order valence-electron chi connectivity index (χ4n) is 3.58. The molecule has 124 valence electrons. The van der Waals surface area contributed by atoms with Crippen LogP contribution in [-0.2, 0) is 13.0 Å². The van der Waals surface area contributed by atoms with Gasteiger partial charge in [0.15, 0.2) is 5.69 Å². The summed E-state index contributed by atoms with van der Waals surface area (Å²) in [6, 6.07) is 0. The average molecular weight is 327 g/mol. The van der Waals surface area contributed by atoms with E-state index in [0.29, 0.717) is 11.6 Å². The number of nitrogens with zero attached hydrogens (tertiary/aromatic N) is 1. The minimum absolute atomic E-state index is 0. The summed E-state index contributed by atoms with van der Waals surface area (Å²) >= 11 is 0. The Hall–Kier alpha value is -1.07. The zero-order valence-electron chi connectivity index (χ0n) is 13.3. The van der Waals surface area contributed by atoms with Gasteiger partial charge in [-0.1, -0.05) is 26.2 Å². The first-order valence-corrected chi connectivity index (χ1v) is 8.33. The van der Waals surface area contributed by atoms with E-state index >= 15 is 0 Å². The minimum Gasteiger partial charge on any atom is -0.350 e. The molecule has 1 aliphatic carbocycles. The van der Waals surface area contributed by atoms with Crippen LogP contribution in [0, 0.1) is 11.8 Å². The van der Waals surface area contributed by atoms with Gasteiger partial charge in [0.1, 0.15) is 0 Å². The van der Waals surface area contributed by atoms with Crippen LogP contribution in [0.4, 0.5) is 0 Å². The van der Waals surface area contributed by atoms with Gasteiger partial charge in [-0.15, -0.1) is 12.4 Å². The molecule has 1 saturated carbocycles. The summed E-state index contributed by atoms with van der Waals surface area (Å²) in [7, 11) is 0. The zero-order valence-corrected chi connectivity index (χ0v) is 14.1. The summed E-state index contributed by atoms with van der Waals surface area (Å²) in [5.41, 5.74) is 2.75. The number of fused-ring (bicyclic) bond motifs is 1. The lowest BCUT2D eigenvalue weighted by Gasteiger charge is -2.27. The number of carbonyl (C=O) groups is 1. The van der Waals surface area contributed by atoms with Crippen molar-refractivity contribution in [2.45, 2.75) is 52.0 Å². The number of aromatic nitrogens is 2. The van der Waals surface area contributed by atoms with Crippen LogP contribution >= 0.6 is 12.4 Å². The Morgan fingerprint density at radius 2 is 2.00 bits per heavy atom. The van der Waals surface area contributed by atoms with E-state index in [9.17, 15) is 4.79 Å². The van der Waals surface area contributed by atoms with Gasteiger partial charge in [-0.25, -0.2) is 0 Å². The highest BCUT2D eigenvalue weighted by Gasteiger charge is 2.24. The Kier molecular flexibility index (Phi) is 6.26. The van der Waals surface area contributed by atoms with E-state index in [4.69, 9.17) is 0 Å². The van der Waals surface area contributed by atoms with Crippen molar-refractivity contribution in [3.63, 3.8) is 0 Å². The van der Waals surface area contributed by atoms with Crippen LogP contribution in [0.25, 0.3) is 0 Å². The highest BCUT2D eigenvalue weighted by molar-refractivity contribution is 5.94. The fraction of sp³-hybridized carbons (Fsp3) is 0.750. The van der Waals surface area contributed by atoms with Crippen molar-refractivity contribution < 1.29 is 4.79 Å². The third-order valence-corrected chi connectivity index (χ3v) is 5.12. The molecule has 5 nitrogen and oxygen atoms in total. The maximum Gasteiger partial charge on any atom is 0.272 e. The summed E-state index contributed by atoms with van der Waals surface area (Å²) in [6.07, 6.45) is 7.36. The van der Waals surface area contributed by atoms with Crippen molar-refractivity contribution in [3.8, 4) is 0 Å². The Balaban J connectivity index is 0.00000176. The summed E-state index contributed by atoms with van der Waals surface area (Å²) in [5, 5.41) is 13.6. The fourth-order valence-corrected chi connectivity index (χ4v) is 3.58. The predicted molar refractivity (Wildman–Crippen MR) is 89.3 cm³/mol. The van der Waals surface area contributed by atoms with Crippen LogP contribution in [0.3, 0.4) is 0 Å². The molecule has 0 radical (unpaired) electrons. The van der Waals surface area contributed by atoms with E-state index in [1.54, 1.807) is 0 Å². The number of halogens is 1. The molecule has 0 aromatic carbocycles. The second kappa shape index (κ2) is 7.97. The van der Waals surface area contributed by atoms with Gasteiger partial charge < -0.3 is 10.6 Å². The first kappa shape index (κ1) is 17.3. The van der Waals surface area contributed by atoms with E-state index in [1.807, 2.05) is 0 Å². The monoisotopic (exact) mass is 326 g/mol. The number of amides is 1. The number of carbonyl (C=O) groups excluding carboxylic acids is 1. The maximum absolute atomic E-state index is 12.3. The van der Waals surface area contributed by atoms with Crippen molar-refractivity contribution in [2.75, 3.05) is 13.1 Å². The van der Waals surface area contributed by atoms with Crippen LogP contribution in [0.15, 0.2) is 0 Å². The molecular weight excluding hydrogens is 300 g/mol. The molecule has 2 heterocycles. The topological polar surface area (TPSA) is 69.8 Å². The molecule has 2 aliphatic rings. The van der Waals surface area contributed by atoms with Gasteiger partial charge in [-0.2, -0.15) is 5.10 Å². The first-order valence-electron chi connectivity index (χ1n) is 8.33. The smallest absolute Gasteiger partial charge is 0.272 e. The molecule has 0 bridgehead atoms. The lowest BCUT2D eigenvalue weighted by atomic mass is 9.81. The Morgan fingerprint density at radius 3 is 2.73 bits per heavy atom. The van der Waals surface area contributed by atoms with E-state index in [-0.39, 0.29) is 18.3 Å². The van der Waals surface area contributed by atoms with Crippen molar-refractivity contribution in [3.05, 3.63) is 17.0 Å². The van der Waals surface area contributed by atoms with Crippen LogP contribution < -0.4 is 10.6 Å². The number of hydrogen-bond acceptors (Lipinski definition) is 3. The molecule has 0 saturated heterocycles. The summed E-state index contributed by atoms with van der Waals surface area (Å²) in [4.78, 5) is 12.3. The molecule has 1 aliphatic heterocycles. The zero-order chi connectivity index (χ0) is 14.7. The number of hydrogen-bond donors (Lipinski definition) is 3. The number of nitrogens with one attached hydrogen (secondary N) is 3. The standard InChI is InChI=1S/C16H26N4O.ClH/c1-2-11-3-5-12(6-4-11)9-18-16(21)15-13-10-17-8-7-14(13)19-20-15;/h11-12,17H,2-10H2,1H3,(H,18,21)(H,19,20);1H. The molecule has 1 aromatic heterocycles. The van der Waals surface area contributed by atoms with Crippen LogP contribution in [0.5, 0.6) is 0 Å². The highest BCUT2D eigenvalue weighted by atomic mass is 35.5. The molecule has 6 heteroatoms. The van der Waals surface area contributed by atoms with Gasteiger partial charge in [0.05, 0.1) is 0 Å². The van der Waals surface area contributed by atoms with Gasteiger partial charge >= 0.3 is 0 Å². The Morgan fingerprint density at radius 1 is 1.27 bits per heavy atom. The lowest BCUT2D eigenvalue weighted by Crippen LogP contribution is -2.33. The average Bonchev–Trinajstić information content (AvgIpc) is 2.97. The van der Waals surface area contributed by atoms with Crippen LogP contribution in [0.2, 0.25) is 0 Å². The van der Waals surface area contributed by atoms with E-state index in [1.165, 1.54) is 32.1 Å². The molecule has 1 aromatic rings. The van der Waals surface area contributed by atoms with Gasteiger partial charge in [-0.05, 0) is 24.7 Å². The van der Waals surface area contributed by atoms with E-state index in [0.717, 1.165) is 43.2 Å². The summed E-state index contributed by atoms with van der Waals surface area (Å²) < 4.78 is 0. The highest BCUT2D eigenvalue weighted by Crippen LogP contribution is 2.30. The van der Waals surface area contributed by atoms with Crippen molar-refractivity contribution in [2.24, 2.45) is 11.8 Å². The second-order valence-electron chi connectivity index (χ2n) is 6.46. The van der Waals surface area contributed by atoms with Crippen LogP contribution in [-0.4, -0.2) is 29.2 Å². The third-order valence-electron chi connectivity index (χ3n) is 5.12. The van der Waals surface area contributed by atoms with Gasteiger partial charge in [0.25, 0.3) is 5.91 Å². The quantitative estimate of drug-likeness (QED) is 0.796. The summed E-state index contributed by atoms with van der Waals surface area (Å²) in [6.45, 7) is 4.78. The molecule has 1 fully saturated rings. The molecule has 1 amide bonds. The minimum atomic E-state index is -0.0196. The molecule has 3 rings (SSSR count). The van der Waals surface area contributed by atoms with Crippen molar-refractivity contribution in [1.29, 1.82) is 0 Å². The SMILES string of the molecule is CCC1CCC(CNC(=O)c2n[nH]c3c2CNCC3)CC1.Cl. The Labute approximate surface area is 138 Å². The molecule has 0 unspecified atom stereocenters. The van der Waals surface area contributed by atoms with Crippen molar-refractivity contribution in [1.82, 2.24) is 20.8 Å². The summed E-state index contributed by atoms with van der Waals surface area (Å²) in [5.74, 6) is 1.53. The molecule has 22 heavy (non-hydrogen) atoms. The van der Waals surface area contributed by atoms with Crippen molar-refractivity contribution >= 4 is 18.3 Å². The predicted octanol–water partition coefficient (Wildman–Crippen LogP) is 2.42. The molecule has 0 spiro atoms. The Bertz CT molecular complexity index is 494. The molecular formula is C16H27ClN4O. The van der Waals surface area contributed by atoms with Crippen LogP contribution in [0.1, 0.15) is 60.8 Å². The number of H-pyrrole nitrogens is 1. The maximum atomic E-state index is 12.3. The number of aromatic amines is 1. The van der Waals surface area contributed by atoms with E-state index in [2.05, 4.69) is 27.8 Å². The second-order valence-corrected chi connectivity index (χ2v) is 6.46. The van der Waals surface area contributed by atoms with Gasteiger partial charge in [0.2, 0.25) is 0 Å². The largest absolute Gasteiger partial charge is 0.350 e. The molecule has 0 atom stereocenters. The number of rotatable bonds is 4. The normalized spacial score (nSPS) is 24.2. The van der Waals surface area contributed by atoms with E-state index < -0.39 is 0 Å². The van der Waals surface area contributed by atoms with Gasteiger partial charge in [0, 0.05) is 37.3 Å².